The first-order chi connectivity index (χ1) is 13.9. The zero-order valence-electron chi connectivity index (χ0n) is 16.8. The highest BCUT2D eigenvalue weighted by Crippen LogP contribution is 2.45. The zero-order chi connectivity index (χ0) is 20.7. The normalized spacial score (nSPS) is 15.8. The van der Waals surface area contributed by atoms with Gasteiger partial charge in [0, 0.05) is 22.7 Å². The van der Waals surface area contributed by atoms with Gasteiger partial charge >= 0.3 is 0 Å². The Morgan fingerprint density at radius 1 is 1.24 bits per heavy atom. The molecule has 0 fully saturated rings. The molecule has 1 unspecified atom stereocenters. The van der Waals surface area contributed by atoms with Crippen LogP contribution in [0.5, 0.6) is 5.75 Å². The van der Waals surface area contributed by atoms with Gasteiger partial charge in [0.1, 0.15) is 17.1 Å². The molecule has 5 nitrogen and oxygen atoms in total. The standard InChI is InChI=1S/C23H24ClN3O2/c1-4-5-9-27-22(15-7-6-8-16(24)12-15)19-20(25-26-21(19)23(27)29)18-14(3)10-13(2)11-17(18)28/h6-8,10-12,22,28H,4-5,9H2,1-3H3,(H,25,26). The molecule has 2 aromatic carbocycles. The minimum atomic E-state index is -0.295. The van der Waals surface area contributed by atoms with Crippen LogP contribution < -0.4 is 0 Å². The fraction of sp³-hybridized carbons (Fsp3) is 0.304. The van der Waals surface area contributed by atoms with Crippen LogP contribution in [0.3, 0.4) is 0 Å². The number of carbonyl (C=O) groups excluding carboxylic acids is 1. The number of phenolic OH excluding ortho intramolecular Hbond substituents is 1. The van der Waals surface area contributed by atoms with Crippen molar-refractivity contribution >= 4 is 17.5 Å². The molecule has 1 atom stereocenters. The molecule has 0 radical (unpaired) electrons. The summed E-state index contributed by atoms with van der Waals surface area (Å²) >= 11 is 6.27. The second-order valence-electron chi connectivity index (χ2n) is 7.65. The van der Waals surface area contributed by atoms with Crippen molar-refractivity contribution in [3.63, 3.8) is 0 Å². The van der Waals surface area contributed by atoms with Crippen molar-refractivity contribution in [2.75, 3.05) is 6.54 Å². The molecule has 2 heterocycles. The number of hydrogen-bond donors (Lipinski definition) is 2. The number of carbonyl (C=O) groups is 1. The third-order valence-corrected chi connectivity index (χ3v) is 5.71. The fourth-order valence-electron chi connectivity index (χ4n) is 4.22. The van der Waals surface area contributed by atoms with Crippen LogP contribution in [0.4, 0.5) is 0 Å². The highest BCUT2D eigenvalue weighted by Gasteiger charge is 2.42. The molecule has 0 aliphatic carbocycles. The SMILES string of the molecule is CCCCN1C(=O)c2[nH]nc(-c3c(C)cc(C)cc3O)c2C1c1cccc(Cl)c1. The van der Waals surface area contributed by atoms with E-state index in [1.165, 1.54) is 0 Å². The number of halogens is 1. The summed E-state index contributed by atoms with van der Waals surface area (Å²) < 4.78 is 0. The van der Waals surface area contributed by atoms with Gasteiger partial charge in [-0.1, -0.05) is 43.1 Å². The predicted octanol–water partition coefficient (Wildman–Crippen LogP) is 5.40. The molecule has 1 aromatic heterocycles. The maximum Gasteiger partial charge on any atom is 0.273 e. The van der Waals surface area contributed by atoms with E-state index in [2.05, 4.69) is 17.1 Å². The Balaban J connectivity index is 1.92. The first kappa shape index (κ1) is 19.5. The summed E-state index contributed by atoms with van der Waals surface area (Å²) in [7, 11) is 0. The summed E-state index contributed by atoms with van der Waals surface area (Å²) in [6, 6.07) is 11.0. The number of fused-ring (bicyclic) bond motifs is 1. The molecule has 1 aliphatic rings. The van der Waals surface area contributed by atoms with Crippen LogP contribution in [-0.4, -0.2) is 32.7 Å². The van der Waals surface area contributed by atoms with E-state index in [0.717, 1.165) is 35.1 Å². The van der Waals surface area contributed by atoms with E-state index in [9.17, 15) is 9.90 Å². The topological polar surface area (TPSA) is 69.2 Å². The molecule has 1 amide bonds. The monoisotopic (exact) mass is 409 g/mol. The van der Waals surface area contributed by atoms with Crippen molar-refractivity contribution in [1.29, 1.82) is 0 Å². The van der Waals surface area contributed by atoms with Crippen LogP contribution in [0, 0.1) is 13.8 Å². The van der Waals surface area contributed by atoms with Gasteiger partial charge in [0.25, 0.3) is 5.91 Å². The van der Waals surface area contributed by atoms with Crippen molar-refractivity contribution in [1.82, 2.24) is 15.1 Å². The van der Waals surface area contributed by atoms with Crippen LogP contribution in [0.1, 0.15) is 58.5 Å². The second kappa shape index (κ2) is 7.56. The van der Waals surface area contributed by atoms with Crippen LogP contribution in [0.25, 0.3) is 11.3 Å². The van der Waals surface area contributed by atoms with Gasteiger partial charge in [-0.05, 0) is 55.2 Å². The van der Waals surface area contributed by atoms with Gasteiger partial charge < -0.3 is 10.0 Å². The van der Waals surface area contributed by atoms with Gasteiger partial charge in [-0.15, -0.1) is 0 Å². The third kappa shape index (κ3) is 3.29. The molecular weight excluding hydrogens is 386 g/mol. The first-order valence-electron chi connectivity index (χ1n) is 9.87. The van der Waals surface area contributed by atoms with Crippen molar-refractivity contribution < 1.29 is 9.90 Å². The van der Waals surface area contributed by atoms with Crippen molar-refractivity contribution in [3.05, 3.63) is 69.4 Å². The average Bonchev–Trinajstić information content (AvgIpc) is 3.19. The summed E-state index contributed by atoms with van der Waals surface area (Å²) in [5.74, 6) is 0.0996. The van der Waals surface area contributed by atoms with Crippen molar-refractivity contribution in [2.24, 2.45) is 0 Å². The largest absolute Gasteiger partial charge is 0.507 e. The van der Waals surface area contributed by atoms with E-state index in [0.29, 0.717) is 28.5 Å². The number of amides is 1. The van der Waals surface area contributed by atoms with E-state index in [1.54, 1.807) is 6.07 Å². The van der Waals surface area contributed by atoms with Crippen LogP contribution in [-0.2, 0) is 0 Å². The molecular formula is C23H24ClN3O2. The number of benzene rings is 2. The zero-order valence-corrected chi connectivity index (χ0v) is 17.5. The molecule has 150 valence electrons. The van der Waals surface area contributed by atoms with E-state index >= 15 is 0 Å². The number of rotatable bonds is 5. The minimum absolute atomic E-state index is 0.0681. The lowest BCUT2D eigenvalue weighted by Gasteiger charge is -2.26. The molecule has 0 saturated carbocycles. The summed E-state index contributed by atoms with van der Waals surface area (Å²) in [6.45, 7) is 6.64. The van der Waals surface area contributed by atoms with E-state index < -0.39 is 0 Å². The summed E-state index contributed by atoms with van der Waals surface area (Å²) in [6.07, 6.45) is 1.90. The predicted molar refractivity (Wildman–Crippen MR) is 114 cm³/mol. The number of aryl methyl sites for hydroxylation is 2. The number of aromatic amines is 1. The lowest BCUT2D eigenvalue weighted by molar-refractivity contribution is 0.0741. The Morgan fingerprint density at radius 2 is 2.03 bits per heavy atom. The lowest BCUT2D eigenvalue weighted by atomic mass is 9.93. The molecule has 0 spiro atoms. The van der Waals surface area contributed by atoms with Gasteiger partial charge in [-0.2, -0.15) is 5.10 Å². The average molecular weight is 410 g/mol. The lowest BCUT2D eigenvalue weighted by Crippen LogP contribution is -2.30. The van der Waals surface area contributed by atoms with E-state index in [-0.39, 0.29) is 17.7 Å². The molecule has 2 N–H and O–H groups in total. The minimum Gasteiger partial charge on any atom is -0.507 e. The van der Waals surface area contributed by atoms with Gasteiger partial charge in [0.05, 0.1) is 6.04 Å². The molecule has 3 aromatic rings. The van der Waals surface area contributed by atoms with Gasteiger partial charge in [-0.3, -0.25) is 9.89 Å². The maximum atomic E-state index is 13.2. The molecule has 0 saturated heterocycles. The first-order valence-corrected chi connectivity index (χ1v) is 10.3. The number of H-pyrrole nitrogens is 1. The Hall–Kier alpha value is -2.79. The van der Waals surface area contributed by atoms with Crippen molar-refractivity contribution in [3.8, 4) is 17.0 Å². The number of phenols is 1. The number of nitrogens with one attached hydrogen (secondary N) is 1. The van der Waals surface area contributed by atoms with Crippen LogP contribution in [0.15, 0.2) is 36.4 Å². The number of nitrogens with zero attached hydrogens (tertiary/aromatic N) is 2. The molecule has 6 heteroatoms. The Kier molecular flexibility index (Phi) is 5.09. The number of aromatic nitrogens is 2. The summed E-state index contributed by atoms with van der Waals surface area (Å²) in [5.41, 5.74) is 5.39. The fourth-order valence-corrected chi connectivity index (χ4v) is 4.42. The quantitative estimate of drug-likeness (QED) is 0.592. The number of aromatic hydroxyl groups is 1. The second-order valence-corrected chi connectivity index (χ2v) is 8.08. The number of unbranched alkanes of at least 4 members (excludes halogenated alkanes) is 1. The van der Waals surface area contributed by atoms with Crippen LogP contribution >= 0.6 is 11.6 Å². The molecule has 4 rings (SSSR count). The van der Waals surface area contributed by atoms with Crippen molar-refractivity contribution in [2.45, 2.75) is 39.7 Å². The van der Waals surface area contributed by atoms with E-state index in [1.807, 2.05) is 49.1 Å². The van der Waals surface area contributed by atoms with Gasteiger partial charge in [0.15, 0.2) is 0 Å². The Bertz CT molecular complexity index is 1070. The summed E-state index contributed by atoms with van der Waals surface area (Å²) in [5, 5.41) is 18.7. The molecule has 1 aliphatic heterocycles. The van der Waals surface area contributed by atoms with Crippen LogP contribution in [0.2, 0.25) is 5.02 Å². The smallest absolute Gasteiger partial charge is 0.273 e. The number of hydrogen-bond acceptors (Lipinski definition) is 3. The maximum absolute atomic E-state index is 13.2. The molecule has 29 heavy (non-hydrogen) atoms. The third-order valence-electron chi connectivity index (χ3n) is 5.48. The highest BCUT2D eigenvalue weighted by atomic mass is 35.5. The Morgan fingerprint density at radius 3 is 2.72 bits per heavy atom. The summed E-state index contributed by atoms with van der Waals surface area (Å²) in [4.78, 5) is 15.1. The van der Waals surface area contributed by atoms with E-state index in [4.69, 9.17) is 11.6 Å². The Labute approximate surface area is 175 Å². The van der Waals surface area contributed by atoms with Gasteiger partial charge in [0.2, 0.25) is 0 Å². The van der Waals surface area contributed by atoms with Gasteiger partial charge in [-0.25, -0.2) is 0 Å². The highest BCUT2D eigenvalue weighted by molar-refractivity contribution is 6.30. The molecule has 0 bridgehead atoms.